The summed E-state index contributed by atoms with van der Waals surface area (Å²) in [5.74, 6) is 0.933. The second kappa shape index (κ2) is 6.72. The van der Waals surface area contributed by atoms with E-state index in [4.69, 9.17) is 9.72 Å². The van der Waals surface area contributed by atoms with Crippen LogP contribution in [0.25, 0.3) is 20.8 Å². The molecule has 0 saturated carbocycles. The van der Waals surface area contributed by atoms with Crippen LogP contribution in [0.2, 0.25) is 0 Å². The average Bonchev–Trinajstić information content (AvgIpc) is 2.96. The number of nitrogens with zero attached hydrogens (tertiary/aromatic N) is 1. The summed E-state index contributed by atoms with van der Waals surface area (Å²) in [5.41, 5.74) is 2.19. The van der Waals surface area contributed by atoms with Crippen molar-refractivity contribution in [3.8, 4) is 16.3 Å². The van der Waals surface area contributed by atoms with Gasteiger partial charge in [-0.3, -0.25) is 0 Å². The lowest BCUT2D eigenvalue weighted by atomic mass is 10.2. The highest BCUT2D eigenvalue weighted by Crippen LogP contribution is 2.31. The van der Waals surface area contributed by atoms with Crippen molar-refractivity contribution in [3.05, 3.63) is 48.5 Å². The van der Waals surface area contributed by atoms with E-state index in [1.807, 2.05) is 18.2 Å². The standard InChI is InChI=1S/C18H19NOS/c1-2-3-6-12-20-15-9-7-8-14(13-15)18-19-16-10-4-5-11-17(16)21-18/h4-5,7-11,13H,2-3,6,12H2,1H3. The van der Waals surface area contributed by atoms with Crippen molar-refractivity contribution in [2.75, 3.05) is 6.61 Å². The Morgan fingerprint density at radius 3 is 2.81 bits per heavy atom. The van der Waals surface area contributed by atoms with Gasteiger partial charge >= 0.3 is 0 Å². The summed E-state index contributed by atoms with van der Waals surface area (Å²) >= 11 is 1.72. The Bertz CT molecular complexity index is 687. The van der Waals surface area contributed by atoms with Gasteiger partial charge in [-0.2, -0.15) is 0 Å². The van der Waals surface area contributed by atoms with Crippen molar-refractivity contribution in [2.45, 2.75) is 26.2 Å². The summed E-state index contributed by atoms with van der Waals surface area (Å²) in [6.45, 7) is 2.99. The largest absolute Gasteiger partial charge is 0.494 e. The number of aromatic nitrogens is 1. The van der Waals surface area contributed by atoms with E-state index in [1.54, 1.807) is 11.3 Å². The molecule has 0 fully saturated rings. The van der Waals surface area contributed by atoms with Crippen LogP contribution in [0.4, 0.5) is 0 Å². The van der Waals surface area contributed by atoms with Gasteiger partial charge < -0.3 is 4.74 Å². The number of hydrogen-bond donors (Lipinski definition) is 0. The fraction of sp³-hybridized carbons (Fsp3) is 0.278. The van der Waals surface area contributed by atoms with E-state index < -0.39 is 0 Å². The Kier molecular flexibility index (Phi) is 4.51. The van der Waals surface area contributed by atoms with Crippen molar-refractivity contribution < 1.29 is 4.74 Å². The third kappa shape index (κ3) is 3.42. The molecule has 1 aromatic heterocycles. The molecule has 0 radical (unpaired) electrons. The number of fused-ring (bicyclic) bond motifs is 1. The Morgan fingerprint density at radius 2 is 1.95 bits per heavy atom. The monoisotopic (exact) mass is 297 g/mol. The fourth-order valence-electron chi connectivity index (χ4n) is 2.26. The first-order valence-electron chi connectivity index (χ1n) is 7.45. The van der Waals surface area contributed by atoms with Crippen LogP contribution in [0.5, 0.6) is 5.75 Å². The zero-order valence-electron chi connectivity index (χ0n) is 12.2. The first-order chi connectivity index (χ1) is 10.4. The third-order valence-electron chi connectivity index (χ3n) is 3.39. The number of benzene rings is 2. The lowest BCUT2D eigenvalue weighted by molar-refractivity contribution is 0.306. The molecular formula is C18H19NOS. The molecule has 3 heteroatoms. The van der Waals surface area contributed by atoms with E-state index >= 15 is 0 Å². The molecule has 0 N–H and O–H groups in total. The second-order valence-corrected chi connectivity index (χ2v) is 6.10. The third-order valence-corrected chi connectivity index (χ3v) is 4.48. The molecule has 2 aromatic carbocycles. The van der Waals surface area contributed by atoms with Gasteiger partial charge in [-0.05, 0) is 30.7 Å². The SMILES string of the molecule is CCCCCOc1cccc(-c2nc3ccccc3s2)c1. The van der Waals surface area contributed by atoms with Crippen LogP contribution in [0.3, 0.4) is 0 Å². The number of thiazole rings is 1. The number of ether oxygens (including phenoxy) is 1. The summed E-state index contributed by atoms with van der Waals surface area (Å²) < 4.78 is 7.05. The van der Waals surface area contributed by atoms with Crippen molar-refractivity contribution >= 4 is 21.6 Å². The molecule has 0 unspecified atom stereocenters. The molecule has 0 atom stereocenters. The van der Waals surface area contributed by atoms with Crippen LogP contribution in [-0.4, -0.2) is 11.6 Å². The minimum Gasteiger partial charge on any atom is -0.494 e. The zero-order valence-corrected chi connectivity index (χ0v) is 13.0. The highest BCUT2D eigenvalue weighted by atomic mass is 32.1. The molecule has 3 aromatic rings. The average molecular weight is 297 g/mol. The summed E-state index contributed by atoms with van der Waals surface area (Å²) in [4.78, 5) is 4.70. The molecule has 0 aliphatic heterocycles. The van der Waals surface area contributed by atoms with Crippen LogP contribution in [0.1, 0.15) is 26.2 Å². The predicted octanol–water partition coefficient (Wildman–Crippen LogP) is 5.53. The minimum atomic E-state index is 0.789. The van der Waals surface area contributed by atoms with Gasteiger partial charge in [0.05, 0.1) is 16.8 Å². The van der Waals surface area contributed by atoms with Gasteiger partial charge in [0.15, 0.2) is 0 Å². The Balaban J connectivity index is 1.78. The molecular weight excluding hydrogens is 278 g/mol. The molecule has 21 heavy (non-hydrogen) atoms. The van der Waals surface area contributed by atoms with Gasteiger partial charge in [-0.15, -0.1) is 11.3 Å². The number of unbranched alkanes of at least 4 members (excludes halogenated alkanes) is 2. The number of hydrogen-bond acceptors (Lipinski definition) is 3. The molecule has 2 nitrogen and oxygen atoms in total. The molecule has 0 spiro atoms. The molecule has 0 aliphatic rings. The Morgan fingerprint density at radius 1 is 1.05 bits per heavy atom. The maximum atomic E-state index is 5.82. The number of rotatable bonds is 6. The van der Waals surface area contributed by atoms with Crippen molar-refractivity contribution in [1.82, 2.24) is 4.98 Å². The van der Waals surface area contributed by atoms with E-state index in [9.17, 15) is 0 Å². The van der Waals surface area contributed by atoms with Crippen molar-refractivity contribution in [3.63, 3.8) is 0 Å². The quantitative estimate of drug-likeness (QED) is 0.558. The summed E-state index contributed by atoms with van der Waals surface area (Å²) in [7, 11) is 0. The van der Waals surface area contributed by atoms with Gasteiger partial charge in [0.1, 0.15) is 10.8 Å². The van der Waals surface area contributed by atoms with Gasteiger partial charge in [-0.25, -0.2) is 4.98 Å². The van der Waals surface area contributed by atoms with Gasteiger partial charge in [-0.1, -0.05) is 44.0 Å². The Labute approximate surface area is 129 Å². The van der Waals surface area contributed by atoms with Crippen LogP contribution in [0, 0.1) is 0 Å². The van der Waals surface area contributed by atoms with E-state index in [2.05, 4.69) is 37.3 Å². The van der Waals surface area contributed by atoms with Crippen molar-refractivity contribution in [1.29, 1.82) is 0 Å². The first kappa shape index (κ1) is 14.1. The van der Waals surface area contributed by atoms with Gasteiger partial charge in [0, 0.05) is 5.56 Å². The highest BCUT2D eigenvalue weighted by Gasteiger charge is 2.06. The Hall–Kier alpha value is -1.87. The van der Waals surface area contributed by atoms with Gasteiger partial charge in [0.25, 0.3) is 0 Å². The minimum absolute atomic E-state index is 0.789. The lowest BCUT2D eigenvalue weighted by Crippen LogP contribution is -1.96. The molecule has 0 amide bonds. The number of para-hydroxylation sites is 1. The van der Waals surface area contributed by atoms with Crippen LogP contribution >= 0.6 is 11.3 Å². The first-order valence-corrected chi connectivity index (χ1v) is 8.27. The maximum Gasteiger partial charge on any atom is 0.124 e. The normalized spacial score (nSPS) is 10.9. The lowest BCUT2D eigenvalue weighted by Gasteiger charge is -2.06. The second-order valence-electron chi connectivity index (χ2n) is 5.07. The molecule has 0 aliphatic carbocycles. The van der Waals surface area contributed by atoms with E-state index in [1.165, 1.54) is 17.5 Å². The predicted molar refractivity (Wildman–Crippen MR) is 90.1 cm³/mol. The molecule has 0 bridgehead atoms. The van der Waals surface area contributed by atoms with E-state index in [-0.39, 0.29) is 0 Å². The van der Waals surface area contributed by atoms with Crippen LogP contribution in [-0.2, 0) is 0 Å². The molecule has 3 rings (SSSR count). The topological polar surface area (TPSA) is 22.1 Å². The van der Waals surface area contributed by atoms with E-state index in [0.717, 1.165) is 34.9 Å². The zero-order chi connectivity index (χ0) is 14.5. The summed E-state index contributed by atoms with van der Waals surface area (Å²) in [6.07, 6.45) is 3.55. The van der Waals surface area contributed by atoms with E-state index in [0.29, 0.717) is 0 Å². The van der Waals surface area contributed by atoms with Crippen LogP contribution < -0.4 is 4.74 Å². The maximum absolute atomic E-state index is 5.82. The fourth-order valence-corrected chi connectivity index (χ4v) is 3.22. The smallest absolute Gasteiger partial charge is 0.124 e. The highest BCUT2D eigenvalue weighted by molar-refractivity contribution is 7.21. The summed E-state index contributed by atoms with van der Waals surface area (Å²) in [5, 5.41) is 1.05. The molecule has 0 saturated heterocycles. The molecule has 108 valence electrons. The van der Waals surface area contributed by atoms with Crippen molar-refractivity contribution in [2.24, 2.45) is 0 Å². The summed E-state index contributed by atoms with van der Waals surface area (Å²) in [6, 6.07) is 16.5. The van der Waals surface area contributed by atoms with Crippen LogP contribution in [0.15, 0.2) is 48.5 Å². The van der Waals surface area contributed by atoms with Gasteiger partial charge in [0.2, 0.25) is 0 Å². The molecule has 1 heterocycles.